The number of aromatic nitrogens is 1. The monoisotopic (exact) mass is 304 g/mol. The van der Waals surface area contributed by atoms with Crippen molar-refractivity contribution >= 4 is 5.91 Å². The molecule has 0 radical (unpaired) electrons. The maximum Gasteiger partial charge on any atom is 0.220 e. The largest absolute Gasteiger partial charge is 0.355 e. The predicted octanol–water partition coefficient (Wildman–Crippen LogP) is 1.16. The number of nitrogens with zero attached hydrogens (tertiary/aromatic N) is 3. The number of carbonyl (C=O) groups excluding carboxylic acids is 1. The van der Waals surface area contributed by atoms with Gasteiger partial charge in [-0.05, 0) is 38.9 Å². The van der Waals surface area contributed by atoms with E-state index in [2.05, 4.69) is 34.1 Å². The third-order valence-electron chi connectivity index (χ3n) is 4.32. The van der Waals surface area contributed by atoms with E-state index < -0.39 is 0 Å². The van der Waals surface area contributed by atoms with E-state index in [4.69, 9.17) is 0 Å². The van der Waals surface area contributed by atoms with Crippen LogP contribution in [0.2, 0.25) is 0 Å². The number of carbonyl (C=O) groups is 1. The molecule has 5 heteroatoms. The van der Waals surface area contributed by atoms with E-state index >= 15 is 0 Å². The minimum atomic E-state index is 0.150. The van der Waals surface area contributed by atoms with E-state index in [9.17, 15) is 4.79 Å². The van der Waals surface area contributed by atoms with Gasteiger partial charge in [-0.25, -0.2) is 0 Å². The number of pyridine rings is 1. The Balaban J connectivity index is 1.59. The Morgan fingerprint density at radius 3 is 2.77 bits per heavy atom. The Hall–Kier alpha value is -1.46. The summed E-state index contributed by atoms with van der Waals surface area (Å²) >= 11 is 0. The lowest BCUT2D eigenvalue weighted by atomic mass is 10.1. The molecule has 0 bridgehead atoms. The fourth-order valence-corrected chi connectivity index (χ4v) is 2.72. The van der Waals surface area contributed by atoms with Gasteiger partial charge in [0, 0.05) is 57.1 Å². The number of aryl methyl sites for hydroxylation is 1. The lowest BCUT2D eigenvalue weighted by Crippen LogP contribution is -2.51. The Morgan fingerprint density at radius 2 is 2.09 bits per heavy atom. The first-order valence-corrected chi connectivity index (χ1v) is 8.24. The number of likely N-dealkylation sites (N-methyl/N-ethyl adjacent to an activating group) is 1. The predicted molar refractivity (Wildman–Crippen MR) is 88.7 cm³/mol. The highest BCUT2D eigenvalue weighted by molar-refractivity contribution is 5.75. The molecule has 2 heterocycles. The molecule has 0 spiro atoms. The molecule has 1 aliphatic rings. The maximum absolute atomic E-state index is 11.9. The summed E-state index contributed by atoms with van der Waals surface area (Å²) in [6.45, 7) is 7.34. The molecule has 22 heavy (non-hydrogen) atoms. The molecule has 1 saturated heterocycles. The normalized spacial score (nSPS) is 18.1. The van der Waals surface area contributed by atoms with Gasteiger partial charge < -0.3 is 10.2 Å². The van der Waals surface area contributed by atoms with Gasteiger partial charge in [0.25, 0.3) is 0 Å². The standard InChI is InChI=1S/C17H28N4O/c1-15(21-12-10-20(2)11-13-21)14-19-17(22)8-5-7-16-6-3-4-9-18-16/h3-4,6,9,15H,5,7-8,10-14H2,1-2H3,(H,19,22). The van der Waals surface area contributed by atoms with Crippen molar-refractivity contribution in [2.75, 3.05) is 39.8 Å². The zero-order valence-electron chi connectivity index (χ0n) is 13.8. The SMILES string of the molecule is CC(CNC(=O)CCCc1ccccn1)N1CCN(C)CC1. The van der Waals surface area contributed by atoms with Gasteiger partial charge in [0.05, 0.1) is 0 Å². The van der Waals surface area contributed by atoms with Crippen LogP contribution in [0.5, 0.6) is 0 Å². The van der Waals surface area contributed by atoms with Crippen LogP contribution in [0.4, 0.5) is 0 Å². The first kappa shape index (κ1) is 16.9. The first-order valence-electron chi connectivity index (χ1n) is 8.24. The minimum Gasteiger partial charge on any atom is -0.355 e. The summed E-state index contributed by atoms with van der Waals surface area (Å²) in [5.74, 6) is 0.150. The second kappa shape index (κ2) is 8.86. The van der Waals surface area contributed by atoms with Crippen LogP contribution in [0, 0.1) is 0 Å². The quantitative estimate of drug-likeness (QED) is 0.821. The number of nitrogens with one attached hydrogen (secondary N) is 1. The Bertz CT molecular complexity index is 443. The summed E-state index contributed by atoms with van der Waals surface area (Å²) in [5, 5.41) is 3.06. The molecule has 0 aromatic carbocycles. The molecule has 5 nitrogen and oxygen atoms in total. The smallest absolute Gasteiger partial charge is 0.220 e. The van der Waals surface area contributed by atoms with Crippen LogP contribution in [0.15, 0.2) is 24.4 Å². The molecule has 1 amide bonds. The maximum atomic E-state index is 11.9. The third kappa shape index (κ3) is 5.73. The van der Waals surface area contributed by atoms with Crippen LogP contribution < -0.4 is 5.32 Å². The Morgan fingerprint density at radius 1 is 1.32 bits per heavy atom. The van der Waals surface area contributed by atoms with E-state index in [1.54, 1.807) is 6.20 Å². The Kier molecular flexibility index (Phi) is 6.80. The summed E-state index contributed by atoms with van der Waals surface area (Å²) < 4.78 is 0. The zero-order valence-corrected chi connectivity index (χ0v) is 13.8. The van der Waals surface area contributed by atoms with Crippen molar-refractivity contribution in [3.05, 3.63) is 30.1 Å². The number of hydrogen-bond donors (Lipinski definition) is 1. The summed E-state index contributed by atoms with van der Waals surface area (Å²) in [5.41, 5.74) is 1.06. The minimum absolute atomic E-state index is 0.150. The summed E-state index contributed by atoms with van der Waals surface area (Å²) in [6.07, 6.45) is 4.09. The van der Waals surface area contributed by atoms with Crippen LogP contribution in [0.3, 0.4) is 0 Å². The molecule has 122 valence electrons. The van der Waals surface area contributed by atoms with Crippen molar-refractivity contribution in [2.45, 2.75) is 32.2 Å². The van der Waals surface area contributed by atoms with Crippen LogP contribution in [0.25, 0.3) is 0 Å². The summed E-state index contributed by atoms with van der Waals surface area (Å²) in [4.78, 5) is 21.0. The highest BCUT2D eigenvalue weighted by atomic mass is 16.1. The van der Waals surface area contributed by atoms with Gasteiger partial charge in [-0.2, -0.15) is 0 Å². The van der Waals surface area contributed by atoms with Gasteiger partial charge in [-0.3, -0.25) is 14.7 Å². The van der Waals surface area contributed by atoms with Gasteiger partial charge in [-0.15, -0.1) is 0 Å². The molecule has 1 aromatic rings. The van der Waals surface area contributed by atoms with Crippen LogP contribution in [0.1, 0.15) is 25.5 Å². The molecule has 1 aromatic heterocycles. The van der Waals surface area contributed by atoms with Gasteiger partial charge in [-0.1, -0.05) is 6.07 Å². The fraction of sp³-hybridized carbons (Fsp3) is 0.647. The second-order valence-corrected chi connectivity index (χ2v) is 6.17. The molecule has 1 atom stereocenters. The van der Waals surface area contributed by atoms with E-state index in [1.807, 2.05) is 18.2 Å². The fourth-order valence-electron chi connectivity index (χ4n) is 2.72. The van der Waals surface area contributed by atoms with Crippen LogP contribution in [-0.2, 0) is 11.2 Å². The van der Waals surface area contributed by atoms with E-state index in [1.165, 1.54) is 0 Å². The Labute approximate surface area is 133 Å². The van der Waals surface area contributed by atoms with Crippen molar-refractivity contribution in [3.8, 4) is 0 Å². The molecular weight excluding hydrogens is 276 g/mol. The summed E-state index contributed by atoms with van der Waals surface area (Å²) in [7, 11) is 2.16. The van der Waals surface area contributed by atoms with E-state index in [0.29, 0.717) is 12.5 Å². The van der Waals surface area contributed by atoms with Gasteiger partial charge in [0.1, 0.15) is 0 Å². The highest BCUT2D eigenvalue weighted by Crippen LogP contribution is 2.05. The lowest BCUT2D eigenvalue weighted by Gasteiger charge is -2.36. The topological polar surface area (TPSA) is 48.5 Å². The van der Waals surface area contributed by atoms with Crippen molar-refractivity contribution in [1.82, 2.24) is 20.1 Å². The number of rotatable bonds is 7. The summed E-state index contributed by atoms with van der Waals surface area (Å²) in [6, 6.07) is 6.32. The average Bonchev–Trinajstić information content (AvgIpc) is 2.54. The van der Waals surface area contributed by atoms with E-state index in [0.717, 1.165) is 51.3 Å². The lowest BCUT2D eigenvalue weighted by molar-refractivity contribution is -0.121. The zero-order chi connectivity index (χ0) is 15.8. The first-order chi connectivity index (χ1) is 10.6. The molecule has 1 unspecified atom stereocenters. The van der Waals surface area contributed by atoms with Gasteiger partial charge >= 0.3 is 0 Å². The van der Waals surface area contributed by atoms with Crippen LogP contribution >= 0.6 is 0 Å². The average molecular weight is 304 g/mol. The third-order valence-corrected chi connectivity index (χ3v) is 4.32. The van der Waals surface area contributed by atoms with Crippen molar-refractivity contribution in [2.24, 2.45) is 0 Å². The van der Waals surface area contributed by atoms with Gasteiger partial charge in [0.2, 0.25) is 5.91 Å². The number of piperazine rings is 1. The van der Waals surface area contributed by atoms with E-state index in [-0.39, 0.29) is 5.91 Å². The molecule has 1 N–H and O–H groups in total. The number of amides is 1. The van der Waals surface area contributed by atoms with Gasteiger partial charge in [0.15, 0.2) is 0 Å². The van der Waals surface area contributed by atoms with Crippen molar-refractivity contribution < 1.29 is 4.79 Å². The molecular formula is C17H28N4O. The molecule has 1 fully saturated rings. The van der Waals surface area contributed by atoms with Crippen LogP contribution in [-0.4, -0.2) is 66.5 Å². The highest BCUT2D eigenvalue weighted by Gasteiger charge is 2.19. The molecule has 0 aliphatic carbocycles. The van der Waals surface area contributed by atoms with Crippen molar-refractivity contribution in [3.63, 3.8) is 0 Å². The van der Waals surface area contributed by atoms with Crippen molar-refractivity contribution in [1.29, 1.82) is 0 Å². The molecule has 2 rings (SSSR count). The molecule has 1 aliphatic heterocycles. The second-order valence-electron chi connectivity index (χ2n) is 6.17. The number of hydrogen-bond acceptors (Lipinski definition) is 4. The molecule has 0 saturated carbocycles.